The Morgan fingerprint density at radius 2 is 1.71 bits per heavy atom. The number of halogens is 1. The highest BCUT2D eigenvalue weighted by Crippen LogP contribution is 2.40. The Balaban J connectivity index is 1.64. The van der Waals surface area contributed by atoms with E-state index in [1.54, 1.807) is 30.3 Å². The summed E-state index contributed by atoms with van der Waals surface area (Å²) in [7, 11) is -3.86. The molecule has 0 saturated carbocycles. The highest BCUT2D eigenvalue weighted by Gasteiger charge is 2.41. The fraction of sp³-hybridized carbons (Fsp3) is 0.348. The van der Waals surface area contributed by atoms with Crippen LogP contribution >= 0.6 is 0 Å². The van der Waals surface area contributed by atoms with Crippen molar-refractivity contribution in [3.05, 3.63) is 60.0 Å². The van der Waals surface area contributed by atoms with Gasteiger partial charge in [0.25, 0.3) is 0 Å². The second-order valence-electron chi connectivity index (χ2n) is 8.04. The number of hydrogen-bond acceptors (Lipinski definition) is 6. The molecule has 5 rings (SSSR count). The van der Waals surface area contributed by atoms with Gasteiger partial charge in [-0.25, -0.2) is 12.8 Å². The maximum absolute atomic E-state index is 14.2. The van der Waals surface area contributed by atoms with Crippen LogP contribution < -0.4 is 4.90 Å². The lowest BCUT2D eigenvalue weighted by molar-refractivity contribution is -0.169. The predicted octanol–water partition coefficient (Wildman–Crippen LogP) is 3.86. The van der Waals surface area contributed by atoms with E-state index in [4.69, 9.17) is 9.47 Å². The fourth-order valence-corrected chi connectivity index (χ4v) is 5.79. The van der Waals surface area contributed by atoms with E-state index in [0.717, 1.165) is 5.56 Å². The summed E-state index contributed by atoms with van der Waals surface area (Å²) in [6, 6.07) is 11.0. The Morgan fingerprint density at radius 1 is 1.03 bits per heavy atom. The average Bonchev–Trinajstić information content (AvgIpc) is 3.22. The minimum Gasteiger partial charge on any atom is -0.369 e. The van der Waals surface area contributed by atoms with Gasteiger partial charge in [0.05, 0.1) is 29.3 Å². The number of ether oxygens (including phenoxy) is 2. The van der Waals surface area contributed by atoms with Crippen molar-refractivity contribution < 1.29 is 22.3 Å². The zero-order chi connectivity index (χ0) is 21.6. The summed E-state index contributed by atoms with van der Waals surface area (Å²) in [6.07, 6.45) is 2.60. The average molecular weight is 443 g/mol. The number of rotatable bonds is 3. The number of aromatic nitrogens is 1. The zero-order valence-corrected chi connectivity index (χ0v) is 18.0. The molecule has 0 N–H and O–H groups in total. The van der Waals surface area contributed by atoms with Gasteiger partial charge in [0, 0.05) is 37.5 Å². The van der Waals surface area contributed by atoms with Crippen LogP contribution in [0.3, 0.4) is 0 Å². The molecule has 6 nitrogen and oxygen atoms in total. The van der Waals surface area contributed by atoms with Crippen LogP contribution in [0.25, 0.3) is 10.9 Å². The lowest BCUT2D eigenvalue weighted by Gasteiger charge is -2.39. The van der Waals surface area contributed by atoms with Gasteiger partial charge in [-0.3, -0.25) is 4.98 Å². The van der Waals surface area contributed by atoms with Gasteiger partial charge < -0.3 is 14.4 Å². The molecule has 162 valence electrons. The summed E-state index contributed by atoms with van der Waals surface area (Å²) < 4.78 is 53.0. The summed E-state index contributed by atoms with van der Waals surface area (Å²) in [4.78, 5) is 6.59. The van der Waals surface area contributed by atoms with Gasteiger partial charge in [0.1, 0.15) is 10.7 Å². The Hall–Kier alpha value is -2.55. The molecule has 0 unspecified atom stereocenters. The number of aryl methyl sites for hydroxylation is 1. The molecule has 0 atom stereocenters. The number of sulfone groups is 1. The Kier molecular flexibility index (Phi) is 4.96. The fourth-order valence-electron chi connectivity index (χ4n) is 4.36. The van der Waals surface area contributed by atoms with Crippen LogP contribution in [0.4, 0.5) is 10.1 Å². The number of anilines is 1. The van der Waals surface area contributed by atoms with Crippen molar-refractivity contribution in [2.75, 3.05) is 31.2 Å². The smallest absolute Gasteiger partial charge is 0.210 e. The highest BCUT2D eigenvalue weighted by atomic mass is 32.2. The molecule has 3 heterocycles. The third-order valence-corrected chi connectivity index (χ3v) is 7.81. The van der Waals surface area contributed by atoms with E-state index < -0.39 is 21.4 Å². The van der Waals surface area contributed by atoms with Crippen LogP contribution in [0.15, 0.2) is 58.5 Å². The van der Waals surface area contributed by atoms with Gasteiger partial charge in [-0.1, -0.05) is 17.7 Å². The highest BCUT2D eigenvalue weighted by molar-refractivity contribution is 7.91. The molecule has 0 bridgehead atoms. The van der Waals surface area contributed by atoms with Crippen molar-refractivity contribution in [3.8, 4) is 0 Å². The molecule has 0 radical (unpaired) electrons. The first-order valence-corrected chi connectivity index (χ1v) is 11.8. The van der Waals surface area contributed by atoms with E-state index in [9.17, 15) is 12.8 Å². The lowest BCUT2D eigenvalue weighted by atomic mass is 10.0. The third-order valence-electron chi connectivity index (χ3n) is 6.04. The topological polar surface area (TPSA) is 68.7 Å². The molecule has 31 heavy (non-hydrogen) atoms. The van der Waals surface area contributed by atoms with Gasteiger partial charge in [-0.15, -0.1) is 0 Å². The van der Waals surface area contributed by atoms with Gasteiger partial charge >= 0.3 is 0 Å². The number of piperidine rings is 1. The van der Waals surface area contributed by atoms with Crippen molar-refractivity contribution in [1.29, 1.82) is 0 Å². The van der Waals surface area contributed by atoms with Crippen LogP contribution in [0, 0.1) is 12.7 Å². The normalized spacial score (nSPS) is 18.7. The molecule has 0 amide bonds. The first-order chi connectivity index (χ1) is 14.9. The monoisotopic (exact) mass is 442 g/mol. The molecular weight excluding hydrogens is 419 g/mol. The van der Waals surface area contributed by atoms with E-state index in [0.29, 0.717) is 55.7 Å². The van der Waals surface area contributed by atoms with E-state index in [1.807, 2.05) is 11.8 Å². The summed E-state index contributed by atoms with van der Waals surface area (Å²) >= 11 is 0. The molecule has 8 heteroatoms. The van der Waals surface area contributed by atoms with Crippen molar-refractivity contribution in [2.45, 2.75) is 35.3 Å². The van der Waals surface area contributed by atoms with Crippen LogP contribution in [0.2, 0.25) is 0 Å². The van der Waals surface area contributed by atoms with Crippen molar-refractivity contribution in [2.24, 2.45) is 0 Å². The number of nitrogens with zero attached hydrogens (tertiary/aromatic N) is 2. The summed E-state index contributed by atoms with van der Waals surface area (Å²) in [5.74, 6) is -1.03. The lowest BCUT2D eigenvalue weighted by Crippen LogP contribution is -2.45. The van der Waals surface area contributed by atoms with Gasteiger partial charge in [-0.2, -0.15) is 0 Å². The number of benzene rings is 2. The molecule has 2 saturated heterocycles. The molecule has 1 aromatic heterocycles. The second kappa shape index (κ2) is 7.55. The Bertz CT molecular complexity index is 1230. The third kappa shape index (κ3) is 3.58. The van der Waals surface area contributed by atoms with Crippen LogP contribution in [0.5, 0.6) is 0 Å². The quantitative estimate of drug-likeness (QED) is 0.614. The minimum atomic E-state index is -3.86. The Labute approximate surface area is 180 Å². The van der Waals surface area contributed by atoms with E-state index in [2.05, 4.69) is 4.98 Å². The molecule has 3 aromatic rings. The first kappa shape index (κ1) is 20.4. The van der Waals surface area contributed by atoms with Crippen molar-refractivity contribution >= 4 is 26.4 Å². The molecule has 2 aliphatic heterocycles. The van der Waals surface area contributed by atoms with E-state index >= 15 is 0 Å². The van der Waals surface area contributed by atoms with Crippen molar-refractivity contribution in [1.82, 2.24) is 4.98 Å². The molecule has 2 aliphatic rings. The molecular formula is C23H23FN2O4S. The number of pyridine rings is 1. The van der Waals surface area contributed by atoms with E-state index in [-0.39, 0.29) is 9.79 Å². The van der Waals surface area contributed by atoms with Crippen molar-refractivity contribution in [3.63, 3.8) is 0 Å². The summed E-state index contributed by atoms with van der Waals surface area (Å²) in [5.41, 5.74) is 2.00. The molecule has 1 spiro atoms. The zero-order valence-electron chi connectivity index (χ0n) is 17.2. The SMILES string of the molecule is Cc1ccc(S(=O)(=O)c2cnc3ccc(F)cc3c2N2CCC3(CC2)OCCO3)cc1. The van der Waals surface area contributed by atoms with Crippen LogP contribution in [-0.2, 0) is 19.3 Å². The molecule has 2 fully saturated rings. The Morgan fingerprint density at radius 3 is 2.39 bits per heavy atom. The van der Waals surface area contributed by atoms with Crippen LogP contribution in [-0.4, -0.2) is 45.5 Å². The summed E-state index contributed by atoms with van der Waals surface area (Å²) in [6.45, 7) is 4.10. The maximum Gasteiger partial charge on any atom is 0.210 e. The minimum absolute atomic E-state index is 0.0821. The number of hydrogen-bond donors (Lipinski definition) is 0. The first-order valence-electron chi connectivity index (χ1n) is 10.3. The van der Waals surface area contributed by atoms with Gasteiger partial charge in [-0.05, 0) is 37.3 Å². The predicted molar refractivity (Wildman–Crippen MR) is 114 cm³/mol. The number of fused-ring (bicyclic) bond motifs is 1. The van der Waals surface area contributed by atoms with Crippen LogP contribution in [0.1, 0.15) is 18.4 Å². The summed E-state index contributed by atoms with van der Waals surface area (Å²) in [5, 5.41) is 0.484. The molecule has 0 aliphatic carbocycles. The largest absolute Gasteiger partial charge is 0.369 e. The van der Waals surface area contributed by atoms with Gasteiger partial charge in [0.2, 0.25) is 9.84 Å². The standard InChI is InChI=1S/C23H23FN2O4S/c1-16-2-5-18(6-3-16)31(27,28)21-15-25-20-7-4-17(24)14-19(20)22(21)26-10-8-23(9-11-26)29-12-13-30-23/h2-7,14-15H,8-13H2,1H3. The van der Waals surface area contributed by atoms with Gasteiger partial charge in [0.15, 0.2) is 5.79 Å². The molecule has 2 aromatic carbocycles. The van der Waals surface area contributed by atoms with E-state index in [1.165, 1.54) is 18.3 Å². The maximum atomic E-state index is 14.2. The second-order valence-corrected chi connectivity index (χ2v) is 9.96.